The van der Waals surface area contributed by atoms with Gasteiger partial charge in [-0.05, 0) is 43.5 Å². The minimum atomic E-state index is -0.202. The van der Waals surface area contributed by atoms with Gasteiger partial charge < -0.3 is 5.11 Å². The molecule has 4 heteroatoms. The zero-order chi connectivity index (χ0) is 13.1. The van der Waals surface area contributed by atoms with Crippen molar-refractivity contribution in [2.24, 2.45) is 5.92 Å². The summed E-state index contributed by atoms with van der Waals surface area (Å²) in [6, 6.07) is 7.74. The number of aliphatic hydroxyl groups excluding tert-OH is 1. The smallest absolute Gasteiger partial charge is 0.0992 e. The number of nitriles is 1. The van der Waals surface area contributed by atoms with Crippen molar-refractivity contribution >= 4 is 15.9 Å². The van der Waals surface area contributed by atoms with E-state index in [1.165, 1.54) is 0 Å². The molecule has 0 amide bonds. The van der Waals surface area contributed by atoms with Crippen LogP contribution in [0.25, 0.3) is 0 Å². The molecular formula is C14H17BrN2O. The molecule has 0 aromatic heterocycles. The lowest BCUT2D eigenvalue weighted by Crippen LogP contribution is -2.30. The fraction of sp³-hybridized carbons (Fsp3) is 0.500. The van der Waals surface area contributed by atoms with Crippen LogP contribution < -0.4 is 0 Å². The van der Waals surface area contributed by atoms with E-state index in [1.807, 2.05) is 25.2 Å². The highest BCUT2D eigenvalue weighted by Crippen LogP contribution is 2.33. The van der Waals surface area contributed by atoms with E-state index in [0.29, 0.717) is 18.0 Å². The maximum absolute atomic E-state index is 9.89. The predicted molar refractivity (Wildman–Crippen MR) is 73.9 cm³/mol. The van der Waals surface area contributed by atoms with E-state index in [4.69, 9.17) is 5.26 Å². The van der Waals surface area contributed by atoms with Crippen LogP contribution in [0, 0.1) is 17.2 Å². The second-order valence-electron chi connectivity index (χ2n) is 5.02. The third-order valence-electron chi connectivity index (χ3n) is 3.29. The lowest BCUT2D eigenvalue weighted by atomic mass is 10.1. The van der Waals surface area contributed by atoms with Crippen LogP contribution in [0.15, 0.2) is 22.7 Å². The Morgan fingerprint density at radius 1 is 1.56 bits per heavy atom. The maximum atomic E-state index is 9.89. The van der Waals surface area contributed by atoms with Crippen LogP contribution in [-0.4, -0.2) is 29.7 Å². The van der Waals surface area contributed by atoms with Crippen molar-refractivity contribution < 1.29 is 5.11 Å². The molecular weight excluding hydrogens is 292 g/mol. The molecule has 0 radical (unpaired) electrons. The zero-order valence-electron chi connectivity index (χ0n) is 10.4. The van der Waals surface area contributed by atoms with Gasteiger partial charge in [0.25, 0.3) is 0 Å². The molecule has 96 valence electrons. The number of aliphatic hydroxyl groups is 1. The Kier molecular flexibility index (Phi) is 4.39. The standard InChI is InChI=1S/C14H17BrN2O/c1-17(9-14(18)11-4-5-11)8-12-3-2-10(7-16)6-13(12)15/h2-3,6,11,14,18H,4-5,8-9H2,1H3/t14-/m0/s1. The van der Waals surface area contributed by atoms with E-state index in [2.05, 4.69) is 26.9 Å². The third-order valence-corrected chi connectivity index (χ3v) is 4.03. The topological polar surface area (TPSA) is 47.3 Å². The molecule has 1 aliphatic carbocycles. The molecule has 1 N–H and O–H groups in total. The largest absolute Gasteiger partial charge is 0.392 e. The van der Waals surface area contributed by atoms with Crippen molar-refractivity contribution in [3.63, 3.8) is 0 Å². The number of nitrogens with zero attached hydrogens (tertiary/aromatic N) is 2. The van der Waals surface area contributed by atoms with Crippen LogP contribution in [0.1, 0.15) is 24.0 Å². The molecule has 0 bridgehead atoms. The number of benzene rings is 1. The summed E-state index contributed by atoms with van der Waals surface area (Å²) in [5.74, 6) is 0.511. The van der Waals surface area contributed by atoms with Gasteiger partial charge >= 0.3 is 0 Å². The van der Waals surface area contributed by atoms with E-state index in [0.717, 1.165) is 29.4 Å². The summed E-state index contributed by atoms with van der Waals surface area (Å²) in [6.45, 7) is 1.48. The van der Waals surface area contributed by atoms with Crippen molar-refractivity contribution in [2.75, 3.05) is 13.6 Å². The second kappa shape index (κ2) is 5.83. The van der Waals surface area contributed by atoms with Crippen molar-refractivity contribution in [1.82, 2.24) is 4.90 Å². The molecule has 1 saturated carbocycles. The minimum absolute atomic E-state index is 0.202. The van der Waals surface area contributed by atoms with Crippen molar-refractivity contribution in [2.45, 2.75) is 25.5 Å². The Labute approximate surface area is 116 Å². The first-order chi connectivity index (χ1) is 8.60. The van der Waals surface area contributed by atoms with Crippen LogP contribution in [0.2, 0.25) is 0 Å². The molecule has 18 heavy (non-hydrogen) atoms. The zero-order valence-corrected chi connectivity index (χ0v) is 12.0. The van der Waals surface area contributed by atoms with E-state index < -0.39 is 0 Å². The summed E-state index contributed by atoms with van der Waals surface area (Å²) in [5.41, 5.74) is 1.80. The molecule has 1 aliphatic rings. The quantitative estimate of drug-likeness (QED) is 0.909. The van der Waals surface area contributed by atoms with Gasteiger partial charge in [0, 0.05) is 17.6 Å². The first-order valence-electron chi connectivity index (χ1n) is 6.15. The molecule has 1 aromatic rings. The fourth-order valence-corrected chi connectivity index (χ4v) is 2.55. The Morgan fingerprint density at radius 2 is 2.28 bits per heavy atom. The average Bonchev–Trinajstić information content (AvgIpc) is 3.15. The van der Waals surface area contributed by atoms with Crippen LogP contribution >= 0.6 is 15.9 Å². The Bertz CT molecular complexity index is 465. The number of rotatable bonds is 5. The van der Waals surface area contributed by atoms with Gasteiger partial charge in [0.05, 0.1) is 17.7 Å². The Hall–Kier alpha value is -0.890. The van der Waals surface area contributed by atoms with E-state index >= 15 is 0 Å². The molecule has 0 heterocycles. The van der Waals surface area contributed by atoms with Gasteiger partial charge in [-0.3, -0.25) is 4.90 Å². The van der Waals surface area contributed by atoms with Gasteiger partial charge in [-0.15, -0.1) is 0 Å². The highest BCUT2D eigenvalue weighted by Gasteiger charge is 2.30. The van der Waals surface area contributed by atoms with E-state index in [-0.39, 0.29) is 6.10 Å². The van der Waals surface area contributed by atoms with Crippen molar-refractivity contribution in [3.8, 4) is 6.07 Å². The highest BCUT2D eigenvalue weighted by atomic mass is 79.9. The van der Waals surface area contributed by atoms with Gasteiger partial charge in [-0.25, -0.2) is 0 Å². The van der Waals surface area contributed by atoms with Gasteiger partial charge in [0.1, 0.15) is 0 Å². The number of halogens is 1. The first kappa shape index (κ1) is 13.5. The molecule has 3 nitrogen and oxygen atoms in total. The summed E-state index contributed by atoms with van der Waals surface area (Å²) >= 11 is 3.48. The van der Waals surface area contributed by atoms with Crippen LogP contribution in [0.3, 0.4) is 0 Å². The normalized spacial score (nSPS) is 16.6. The summed E-state index contributed by atoms with van der Waals surface area (Å²) in [7, 11) is 2.01. The Morgan fingerprint density at radius 3 is 2.83 bits per heavy atom. The second-order valence-corrected chi connectivity index (χ2v) is 5.87. The molecule has 0 spiro atoms. The SMILES string of the molecule is CN(Cc1ccc(C#N)cc1Br)C[C@H](O)C1CC1. The number of hydrogen-bond acceptors (Lipinski definition) is 3. The summed E-state index contributed by atoms with van der Waals surface area (Å²) < 4.78 is 0.953. The maximum Gasteiger partial charge on any atom is 0.0992 e. The molecule has 1 fully saturated rings. The van der Waals surface area contributed by atoms with Crippen LogP contribution in [0.4, 0.5) is 0 Å². The summed E-state index contributed by atoms with van der Waals surface area (Å²) in [6.07, 6.45) is 2.12. The summed E-state index contributed by atoms with van der Waals surface area (Å²) in [4.78, 5) is 2.12. The van der Waals surface area contributed by atoms with Crippen molar-refractivity contribution in [3.05, 3.63) is 33.8 Å². The van der Waals surface area contributed by atoms with Crippen molar-refractivity contribution in [1.29, 1.82) is 5.26 Å². The van der Waals surface area contributed by atoms with Gasteiger partial charge in [-0.2, -0.15) is 5.26 Å². The molecule has 0 saturated heterocycles. The molecule has 2 rings (SSSR count). The highest BCUT2D eigenvalue weighted by molar-refractivity contribution is 9.10. The summed E-state index contributed by atoms with van der Waals surface area (Å²) in [5, 5.41) is 18.7. The van der Waals surface area contributed by atoms with E-state index in [9.17, 15) is 5.11 Å². The molecule has 1 aromatic carbocycles. The minimum Gasteiger partial charge on any atom is -0.392 e. The lowest BCUT2D eigenvalue weighted by Gasteiger charge is -2.21. The van der Waals surface area contributed by atoms with Gasteiger partial charge in [-0.1, -0.05) is 22.0 Å². The number of likely N-dealkylation sites (N-methyl/N-ethyl adjacent to an activating group) is 1. The number of hydrogen-bond donors (Lipinski definition) is 1. The fourth-order valence-electron chi connectivity index (χ4n) is 2.05. The lowest BCUT2D eigenvalue weighted by molar-refractivity contribution is 0.104. The molecule has 0 aliphatic heterocycles. The van der Waals surface area contributed by atoms with Gasteiger partial charge in [0.2, 0.25) is 0 Å². The predicted octanol–water partition coefficient (Wildman–Crippen LogP) is 2.52. The third kappa shape index (κ3) is 3.55. The molecule has 0 unspecified atom stereocenters. The first-order valence-corrected chi connectivity index (χ1v) is 6.94. The van der Waals surface area contributed by atoms with Crippen LogP contribution in [0.5, 0.6) is 0 Å². The average molecular weight is 309 g/mol. The van der Waals surface area contributed by atoms with Crippen LogP contribution in [-0.2, 0) is 6.54 Å². The van der Waals surface area contributed by atoms with Gasteiger partial charge in [0.15, 0.2) is 0 Å². The monoisotopic (exact) mass is 308 g/mol. The Balaban J connectivity index is 1.93. The van der Waals surface area contributed by atoms with E-state index in [1.54, 1.807) is 0 Å². The molecule has 1 atom stereocenters.